The van der Waals surface area contributed by atoms with Gasteiger partial charge in [0.2, 0.25) is 5.91 Å². The van der Waals surface area contributed by atoms with Crippen molar-refractivity contribution >= 4 is 40.3 Å². The summed E-state index contributed by atoms with van der Waals surface area (Å²) in [6.45, 7) is 7.66. The van der Waals surface area contributed by atoms with Crippen molar-refractivity contribution in [1.82, 2.24) is 9.80 Å². The van der Waals surface area contributed by atoms with Crippen molar-refractivity contribution in [2.75, 3.05) is 25.4 Å². The van der Waals surface area contributed by atoms with Gasteiger partial charge in [-0.05, 0) is 39.5 Å². The van der Waals surface area contributed by atoms with Crippen LogP contribution in [0.1, 0.15) is 33.6 Å². The number of hydrogen-bond acceptors (Lipinski definition) is 5. The second-order valence-corrected chi connectivity index (χ2v) is 8.08. The minimum absolute atomic E-state index is 0.111. The number of carbonyl (C=O) groups excluding carboxylic acids is 2. The van der Waals surface area contributed by atoms with Gasteiger partial charge in [0.15, 0.2) is 0 Å². The summed E-state index contributed by atoms with van der Waals surface area (Å²) in [7, 11) is 0. The highest BCUT2D eigenvalue weighted by Crippen LogP contribution is 2.25. The highest BCUT2D eigenvalue weighted by atomic mass is 32.2. The highest BCUT2D eigenvalue weighted by Gasteiger charge is 2.32. The average molecular weight is 330 g/mol. The molecule has 0 unspecified atom stereocenters. The van der Waals surface area contributed by atoms with E-state index in [4.69, 9.17) is 17.0 Å². The average Bonchev–Trinajstić information content (AvgIpc) is 2.69. The molecule has 0 saturated carbocycles. The SMILES string of the molecule is CC(C)(C)OC(=O)N1CCC(CN2C(=O)CSC2=S)CC1. The third-order valence-corrected chi connectivity index (χ3v) is 4.98. The van der Waals surface area contributed by atoms with Gasteiger partial charge < -0.3 is 9.64 Å². The van der Waals surface area contributed by atoms with Crippen molar-refractivity contribution in [3.05, 3.63) is 0 Å². The van der Waals surface area contributed by atoms with E-state index in [9.17, 15) is 9.59 Å². The van der Waals surface area contributed by atoms with Gasteiger partial charge in [0.1, 0.15) is 9.92 Å². The largest absolute Gasteiger partial charge is 0.444 e. The molecule has 2 fully saturated rings. The lowest BCUT2D eigenvalue weighted by molar-refractivity contribution is -0.124. The van der Waals surface area contributed by atoms with Crippen LogP contribution in [0, 0.1) is 5.92 Å². The predicted molar refractivity (Wildman–Crippen MR) is 87.3 cm³/mol. The molecule has 0 bridgehead atoms. The molecular formula is C14H22N2O3S2. The van der Waals surface area contributed by atoms with Crippen LogP contribution in [0.4, 0.5) is 4.79 Å². The Morgan fingerprint density at radius 2 is 2.00 bits per heavy atom. The molecule has 0 radical (unpaired) electrons. The number of thioether (sulfide) groups is 1. The van der Waals surface area contributed by atoms with Gasteiger partial charge in [-0.15, -0.1) is 0 Å². The van der Waals surface area contributed by atoms with Crippen LogP contribution in [-0.4, -0.2) is 57.1 Å². The van der Waals surface area contributed by atoms with E-state index in [0.717, 1.165) is 12.8 Å². The first-order valence-corrected chi connectivity index (χ1v) is 8.61. The Balaban J connectivity index is 1.79. The zero-order valence-electron chi connectivity index (χ0n) is 12.8. The fourth-order valence-corrected chi connectivity index (χ4v) is 3.53. The van der Waals surface area contributed by atoms with Crippen LogP contribution in [0.25, 0.3) is 0 Å². The first kappa shape index (κ1) is 16.5. The maximum absolute atomic E-state index is 12.0. The van der Waals surface area contributed by atoms with Gasteiger partial charge in [-0.2, -0.15) is 0 Å². The number of carbonyl (C=O) groups is 2. The molecule has 0 aromatic carbocycles. The summed E-state index contributed by atoms with van der Waals surface area (Å²) in [6.07, 6.45) is 1.52. The summed E-state index contributed by atoms with van der Waals surface area (Å²) in [4.78, 5) is 27.2. The van der Waals surface area contributed by atoms with E-state index in [1.165, 1.54) is 11.8 Å². The molecule has 2 aliphatic rings. The topological polar surface area (TPSA) is 49.9 Å². The van der Waals surface area contributed by atoms with Gasteiger partial charge >= 0.3 is 6.09 Å². The Morgan fingerprint density at radius 3 is 2.48 bits per heavy atom. The summed E-state index contributed by atoms with van der Waals surface area (Å²) in [6, 6.07) is 0. The molecule has 21 heavy (non-hydrogen) atoms. The van der Waals surface area contributed by atoms with Crippen LogP contribution in [0.2, 0.25) is 0 Å². The van der Waals surface area contributed by atoms with Gasteiger partial charge in [-0.25, -0.2) is 4.79 Å². The Morgan fingerprint density at radius 1 is 1.38 bits per heavy atom. The van der Waals surface area contributed by atoms with Crippen molar-refractivity contribution in [2.24, 2.45) is 5.92 Å². The monoisotopic (exact) mass is 330 g/mol. The molecule has 118 valence electrons. The molecule has 7 heteroatoms. The van der Waals surface area contributed by atoms with Crippen LogP contribution in [-0.2, 0) is 9.53 Å². The lowest BCUT2D eigenvalue weighted by Gasteiger charge is -2.34. The van der Waals surface area contributed by atoms with Gasteiger partial charge in [-0.1, -0.05) is 24.0 Å². The summed E-state index contributed by atoms with van der Waals surface area (Å²) in [5.41, 5.74) is -0.459. The van der Waals surface area contributed by atoms with Gasteiger partial charge in [0.25, 0.3) is 0 Å². The predicted octanol–water partition coefficient (Wildman–Crippen LogP) is 2.49. The molecule has 2 aliphatic heterocycles. The van der Waals surface area contributed by atoms with E-state index in [2.05, 4.69) is 0 Å². The molecule has 2 rings (SSSR count). The lowest BCUT2D eigenvalue weighted by atomic mass is 9.96. The van der Waals surface area contributed by atoms with Crippen LogP contribution < -0.4 is 0 Å². The minimum atomic E-state index is -0.459. The first-order valence-electron chi connectivity index (χ1n) is 7.21. The fourth-order valence-electron chi connectivity index (χ4n) is 2.44. The fraction of sp³-hybridized carbons (Fsp3) is 0.786. The molecule has 0 atom stereocenters. The Kier molecular flexibility index (Phi) is 5.14. The molecule has 0 spiro atoms. The van der Waals surface area contributed by atoms with E-state index in [1.54, 1.807) is 9.80 Å². The van der Waals surface area contributed by atoms with Crippen molar-refractivity contribution in [3.63, 3.8) is 0 Å². The number of ether oxygens (including phenoxy) is 1. The number of piperidine rings is 1. The quantitative estimate of drug-likeness (QED) is 0.728. The van der Waals surface area contributed by atoms with Gasteiger partial charge in [-0.3, -0.25) is 9.69 Å². The van der Waals surface area contributed by atoms with Crippen molar-refractivity contribution in [3.8, 4) is 0 Å². The second-order valence-electron chi connectivity index (χ2n) is 6.47. The zero-order chi connectivity index (χ0) is 15.6. The van der Waals surface area contributed by atoms with E-state index < -0.39 is 5.60 Å². The van der Waals surface area contributed by atoms with Gasteiger partial charge in [0.05, 0.1) is 5.75 Å². The molecular weight excluding hydrogens is 308 g/mol. The van der Waals surface area contributed by atoms with Crippen LogP contribution in [0.3, 0.4) is 0 Å². The van der Waals surface area contributed by atoms with Crippen molar-refractivity contribution in [1.29, 1.82) is 0 Å². The van der Waals surface area contributed by atoms with E-state index in [1.807, 2.05) is 20.8 Å². The van der Waals surface area contributed by atoms with E-state index in [-0.39, 0.29) is 12.0 Å². The maximum atomic E-state index is 12.0. The molecule has 0 N–H and O–H groups in total. The summed E-state index contributed by atoms with van der Waals surface area (Å²) in [5.74, 6) is 0.985. The van der Waals surface area contributed by atoms with Crippen LogP contribution in [0.15, 0.2) is 0 Å². The first-order chi connectivity index (χ1) is 9.76. The Labute approximate surface area is 135 Å². The Hall–Kier alpha value is -0.820. The number of nitrogens with zero attached hydrogens (tertiary/aromatic N) is 2. The minimum Gasteiger partial charge on any atom is -0.444 e. The number of rotatable bonds is 2. The molecule has 0 aromatic heterocycles. The number of thiocarbonyl (C=S) groups is 1. The van der Waals surface area contributed by atoms with Crippen molar-refractivity contribution < 1.29 is 14.3 Å². The molecule has 2 heterocycles. The van der Waals surface area contributed by atoms with E-state index >= 15 is 0 Å². The lowest BCUT2D eigenvalue weighted by Crippen LogP contribution is -2.44. The second kappa shape index (κ2) is 6.52. The van der Waals surface area contributed by atoms with Gasteiger partial charge in [0, 0.05) is 19.6 Å². The summed E-state index contributed by atoms with van der Waals surface area (Å²) >= 11 is 6.63. The zero-order valence-corrected chi connectivity index (χ0v) is 14.4. The highest BCUT2D eigenvalue weighted by molar-refractivity contribution is 8.23. The normalized spacial score (nSPS) is 21.1. The number of likely N-dealkylation sites (tertiary alicyclic amines) is 1. The smallest absolute Gasteiger partial charge is 0.410 e. The maximum Gasteiger partial charge on any atom is 0.410 e. The summed E-state index contributed by atoms with van der Waals surface area (Å²) in [5, 5.41) is 0. The van der Waals surface area contributed by atoms with Crippen LogP contribution >= 0.6 is 24.0 Å². The molecule has 0 aromatic rings. The van der Waals surface area contributed by atoms with E-state index in [0.29, 0.717) is 35.6 Å². The van der Waals surface area contributed by atoms with Crippen LogP contribution in [0.5, 0.6) is 0 Å². The molecule has 5 nitrogen and oxygen atoms in total. The molecule has 2 saturated heterocycles. The standard InChI is InChI=1S/C14H22N2O3S2/c1-14(2,3)19-12(18)15-6-4-10(5-7-15)8-16-11(17)9-21-13(16)20/h10H,4-9H2,1-3H3. The third kappa shape index (κ3) is 4.57. The molecule has 2 amide bonds. The number of hydrogen-bond donors (Lipinski definition) is 0. The number of amides is 2. The third-order valence-electron chi connectivity index (χ3n) is 3.55. The molecule has 0 aliphatic carbocycles. The van der Waals surface area contributed by atoms with Crippen molar-refractivity contribution in [2.45, 2.75) is 39.2 Å². The summed E-state index contributed by atoms with van der Waals surface area (Å²) < 4.78 is 6.07. The Bertz CT molecular complexity index is 424.